The molecular formula is C15H19ClN4O2. The molecule has 0 bridgehead atoms. The highest BCUT2D eigenvalue weighted by atomic mass is 35.5. The summed E-state index contributed by atoms with van der Waals surface area (Å²) in [6.07, 6.45) is 3.48. The standard InChI is InChI=1S/C15H19ClN4O2/c1-11(21)7-10-19(2)15(22)18-13-6-3-5-12(16)14(13)20-9-4-8-17-20/h3-6,8-9,11,21H,7,10H2,1-2H3,(H,18,22). The van der Waals surface area contributed by atoms with Crippen molar-refractivity contribution in [3.63, 3.8) is 0 Å². The molecule has 0 saturated heterocycles. The van der Waals surface area contributed by atoms with Crippen molar-refractivity contribution >= 4 is 23.3 Å². The number of amides is 2. The second-order valence-corrected chi connectivity index (χ2v) is 5.48. The summed E-state index contributed by atoms with van der Waals surface area (Å²) >= 11 is 6.23. The maximum absolute atomic E-state index is 12.2. The fourth-order valence-electron chi connectivity index (χ4n) is 1.94. The third-order valence-corrected chi connectivity index (χ3v) is 3.50. The SMILES string of the molecule is CC(O)CCN(C)C(=O)Nc1cccc(Cl)c1-n1cccn1. The van der Waals surface area contributed by atoms with Crippen LogP contribution in [-0.2, 0) is 0 Å². The zero-order valence-electron chi connectivity index (χ0n) is 12.5. The molecule has 22 heavy (non-hydrogen) atoms. The van der Waals surface area contributed by atoms with Crippen molar-refractivity contribution in [3.05, 3.63) is 41.7 Å². The molecule has 0 aliphatic heterocycles. The van der Waals surface area contributed by atoms with E-state index in [1.807, 2.05) is 0 Å². The van der Waals surface area contributed by atoms with Gasteiger partial charge < -0.3 is 15.3 Å². The molecule has 118 valence electrons. The van der Waals surface area contributed by atoms with Crippen LogP contribution in [0.3, 0.4) is 0 Å². The number of carbonyl (C=O) groups excluding carboxylic acids is 1. The quantitative estimate of drug-likeness (QED) is 0.889. The molecule has 6 nitrogen and oxygen atoms in total. The van der Waals surface area contributed by atoms with Crippen molar-refractivity contribution in [1.29, 1.82) is 0 Å². The Bertz CT molecular complexity index is 628. The van der Waals surface area contributed by atoms with E-state index >= 15 is 0 Å². The number of urea groups is 1. The molecule has 2 aromatic rings. The zero-order chi connectivity index (χ0) is 16.1. The second kappa shape index (κ2) is 7.29. The second-order valence-electron chi connectivity index (χ2n) is 5.08. The lowest BCUT2D eigenvalue weighted by Gasteiger charge is -2.20. The Kier molecular flexibility index (Phi) is 5.41. The van der Waals surface area contributed by atoms with Gasteiger partial charge in [-0.25, -0.2) is 9.48 Å². The number of halogens is 1. The molecule has 1 aromatic heterocycles. The molecule has 1 heterocycles. The zero-order valence-corrected chi connectivity index (χ0v) is 13.3. The van der Waals surface area contributed by atoms with Crippen LogP contribution in [0, 0.1) is 0 Å². The third kappa shape index (κ3) is 3.99. The first-order valence-corrected chi connectivity index (χ1v) is 7.35. The minimum atomic E-state index is -0.443. The van der Waals surface area contributed by atoms with E-state index in [0.717, 1.165) is 0 Å². The van der Waals surface area contributed by atoms with E-state index in [0.29, 0.717) is 29.4 Å². The first kappa shape index (κ1) is 16.3. The largest absolute Gasteiger partial charge is 0.393 e. The van der Waals surface area contributed by atoms with Gasteiger partial charge in [-0.3, -0.25) is 0 Å². The molecule has 7 heteroatoms. The van der Waals surface area contributed by atoms with Gasteiger partial charge in [0.15, 0.2) is 0 Å². The number of rotatable bonds is 5. The van der Waals surface area contributed by atoms with Crippen molar-refractivity contribution in [1.82, 2.24) is 14.7 Å². The van der Waals surface area contributed by atoms with Gasteiger partial charge in [-0.15, -0.1) is 0 Å². The van der Waals surface area contributed by atoms with E-state index in [4.69, 9.17) is 11.6 Å². The Morgan fingerprint density at radius 2 is 2.27 bits per heavy atom. The van der Waals surface area contributed by atoms with E-state index < -0.39 is 6.10 Å². The fraction of sp³-hybridized carbons (Fsp3) is 0.333. The van der Waals surface area contributed by atoms with Crippen molar-refractivity contribution in [2.24, 2.45) is 0 Å². The molecular weight excluding hydrogens is 304 g/mol. The minimum absolute atomic E-state index is 0.267. The van der Waals surface area contributed by atoms with E-state index in [9.17, 15) is 9.90 Å². The van der Waals surface area contributed by atoms with Gasteiger partial charge in [-0.05, 0) is 31.5 Å². The normalized spacial score (nSPS) is 12.0. The molecule has 0 aliphatic rings. The number of hydrogen-bond donors (Lipinski definition) is 2. The average molecular weight is 323 g/mol. The average Bonchev–Trinajstić information content (AvgIpc) is 2.98. The van der Waals surface area contributed by atoms with Crippen LogP contribution in [0.15, 0.2) is 36.7 Å². The van der Waals surface area contributed by atoms with Crippen molar-refractivity contribution in [2.75, 3.05) is 18.9 Å². The van der Waals surface area contributed by atoms with Crippen LogP contribution in [0.2, 0.25) is 5.02 Å². The Morgan fingerprint density at radius 3 is 2.91 bits per heavy atom. The number of hydrogen-bond acceptors (Lipinski definition) is 3. The summed E-state index contributed by atoms with van der Waals surface area (Å²) in [6, 6.07) is 6.79. The van der Waals surface area contributed by atoms with Crippen molar-refractivity contribution < 1.29 is 9.90 Å². The number of aliphatic hydroxyl groups is 1. The molecule has 1 unspecified atom stereocenters. The van der Waals surface area contributed by atoms with Crippen molar-refractivity contribution in [3.8, 4) is 5.69 Å². The molecule has 0 radical (unpaired) electrons. The Balaban J connectivity index is 2.16. The molecule has 2 amide bonds. The molecule has 2 N–H and O–H groups in total. The molecule has 1 aromatic carbocycles. The monoisotopic (exact) mass is 322 g/mol. The maximum Gasteiger partial charge on any atom is 0.321 e. The van der Waals surface area contributed by atoms with E-state index in [1.165, 1.54) is 4.90 Å². The predicted octanol–water partition coefficient (Wildman–Crippen LogP) is 2.76. The Labute approximate surface area is 134 Å². The van der Waals surface area contributed by atoms with E-state index in [2.05, 4.69) is 10.4 Å². The molecule has 2 rings (SSSR count). The number of aromatic nitrogens is 2. The van der Waals surface area contributed by atoms with Crippen LogP contribution >= 0.6 is 11.6 Å². The van der Waals surface area contributed by atoms with Crippen LogP contribution in [0.5, 0.6) is 0 Å². The molecule has 0 aliphatic carbocycles. The molecule has 0 spiro atoms. The summed E-state index contributed by atoms with van der Waals surface area (Å²) in [5.41, 5.74) is 1.19. The molecule has 0 saturated carbocycles. The summed E-state index contributed by atoms with van der Waals surface area (Å²) in [6.45, 7) is 2.15. The Hall–Kier alpha value is -2.05. The van der Waals surface area contributed by atoms with Crippen molar-refractivity contribution in [2.45, 2.75) is 19.4 Å². The van der Waals surface area contributed by atoms with Gasteiger partial charge in [0.05, 0.1) is 16.8 Å². The minimum Gasteiger partial charge on any atom is -0.393 e. The van der Waals surface area contributed by atoms with Gasteiger partial charge in [-0.1, -0.05) is 17.7 Å². The summed E-state index contributed by atoms with van der Waals surface area (Å²) < 4.78 is 1.60. The number of aliphatic hydroxyl groups excluding tert-OH is 1. The summed E-state index contributed by atoms with van der Waals surface area (Å²) in [7, 11) is 1.68. The van der Waals surface area contributed by atoms with Gasteiger partial charge >= 0.3 is 6.03 Å². The van der Waals surface area contributed by atoms with Crippen LogP contribution in [0.4, 0.5) is 10.5 Å². The fourth-order valence-corrected chi connectivity index (χ4v) is 2.20. The summed E-state index contributed by atoms with van der Waals surface area (Å²) in [5.74, 6) is 0. The smallest absolute Gasteiger partial charge is 0.321 e. The van der Waals surface area contributed by atoms with Gasteiger partial charge in [0.25, 0.3) is 0 Å². The van der Waals surface area contributed by atoms with Gasteiger partial charge in [0.1, 0.15) is 5.69 Å². The van der Waals surface area contributed by atoms with Gasteiger partial charge in [-0.2, -0.15) is 5.10 Å². The number of nitrogens with zero attached hydrogens (tertiary/aromatic N) is 3. The first-order valence-electron chi connectivity index (χ1n) is 6.97. The topological polar surface area (TPSA) is 70.4 Å². The van der Waals surface area contributed by atoms with E-state index in [-0.39, 0.29) is 6.03 Å². The lowest BCUT2D eigenvalue weighted by Crippen LogP contribution is -2.33. The lowest BCUT2D eigenvalue weighted by molar-refractivity contribution is 0.167. The van der Waals surface area contributed by atoms with E-state index in [1.54, 1.807) is 55.3 Å². The highest BCUT2D eigenvalue weighted by Crippen LogP contribution is 2.28. The number of para-hydroxylation sites is 1. The van der Waals surface area contributed by atoms with Gasteiger partial charge in [0, 0.05) is 26.0 Å². The van der Waals surface area contributed by atoms with Crippen LogP contribution in [0.25, 0.3) is 5.69 Å². The first-order chi connectivity index (χ1) is 10.5. The lowest BCUT2D eigenvalue weighted by atomic mass is 10.2. The number of nitrogens with one attached hydrogen (secondary N) is 1. The molecule has 1 atom stereocenters. The van der Waals surface area contributed by atoms with Crippen LogP contribution in [0.1, 0.15) is 13.3 Å². The van der Waals surface area contributed by atoms with Crippen LogP contribution in [-0.4, -0.2) is 45.5 Å². The van der Waals surface area contributed by atoms with Crippen LogP contribution < -0.4 is 5.32 Å². The number of benzene rings is 1. The highest BCUT2D eigenvalue weighted by molar-refractivity contribution is 6.33. The molecule has 0 fully saturated rings. The summed E-state index contributed by atoms with van der Waals surface area (Å²) in [4.78, 5) is 13.7. The van der Waals surface area contributed by atoms with Gasteiger partial charge in [0.2, 0.25) is 0 Å². The Morgan fingerprint density at radius 1 is 1.50 bits per heavy atom. The third-order valence-electron chi connectivity index (χ3n) is 3.19. The highest BCUT2D eigenvalue weighted by Gasteiger charge is 2.15. The predicted molar refractivity (Wildman–Crippen MR) is 86.5 cm³/mol. The number of anilines is 1. The maximum atomic E-state index is 12.2. The number of carbonyl (C=O) groups is 1. The summed E-state index contributed by atoms with van der Waals surface area (Å²) in [5, 5.41) is 16.8.